The van der Waals surface area contributed by atoms with Gasteiger partial charge < -0.3 is 16.4 Å². The van der Waals surface area contributed by atoms with Crippen LogP contribution in [0.2, 0.25) is 5.02 Å². The number of benzene rings is 2. The summed E-state index contributed by atoms with van der Waals surface area (Å²) in [5.41, 5.74) is 6.29. The van der Waals surface area contributed by atoms with Crippen LogP contribution in [0.25, 0.3) is 0 Å². The summed E-state index contributed by atoms with van der Waals surface area (Å²) in [6, 6.07) is 11.1. The van der Waals surface area contributed by atoms with Gasteiger partial charge in [-0.05, 0) is 29.3 Å². The molecule has 2 aromatic rings. The molecule has 2 amide bonds. The van der Waals surface area contributed by atoms with Crippen molar-refractivity contribution in [1.82, 2.24) is 5.32 Å². The van der Waals surface area contributed by atoms with Crippen molar-refractivity contribution in [3.63, 3.8) is 0 Å². The molecular formula is C17H16ClFN3O2+. The first-order chi connectivity index (χ1) is 11.5. The summed E-state index contributed by atoms with van der Waals surface area (Å²) in [5, 5.41) is 4.99. The average molecular weight is 349 g/mol. The molecule has 0 unspecified atom stereocenters. The SMILES string of the molecule is [NH3+][C@H]1Cc2ccccc2[C@@H]1NC(=O)C(=O)Nc1ccc(Cl)c(F)c1. The van der Waals surface area contributed by atoms with Crippen LogP contribution in [0.5, 0.6) is 0 Å². The number of carbonyl (C=O) groups excluding carboxylic acids is 2. The summed E-state index contributed by atoms with van der Waals surface area (Å²) in [5.74, 6) is -2.33. The van der Waals surface area contributed by atoms with E-state index in [4.69, 9.17) is 11.6 Å². The van der Waals surface area contributed by atoms with Gasteiger partial charge in [0.2, 0.25) is 0 Å². The molecule has 0 spiro atoms. The third kappa shape index (κ3) is 3.25. The predicted octanol–water partition coefficient (Wildman–Crippen LogP) is 1.44. The molecule has 0 saturated heterocycles. The lowest BCUT2D eigenvalue weighted by atomic mass is 10.1. The number of nitrogens with one attached hydrogen (secondary N) is 2. The minimum atomic E-state index is -0.867. The summed E-state index contributed by atoms with van der Waals surface area (Å²) in [7, 11) is 0. The van der Waals surface area contributed by atoms with E-state index in [2.05, 4.69) is 16.4 Å². The quantitative estimate of drug-likeness (QED) is 0.717. The topological polar surface area (TPSA) is 85.8 Å². The van der Waals surface area contributed by atoms with Gasteiger partial charge in [-0.15, -0.1) is 0 Å². The zero-order chi connectivity index (χ0) is 17.3. The molecule has 1 aliphatic rings. The fourth-order valence-corrected chi connectivity index (χ4v) is 2.96. The van der Waals surface area contributed by atoms with Crippen molar-refractivity contribution in [3.05, 3.63) is 64.4 Å². The van der Waals surface area contributed by atoms with E-state index in [1.165, 1.54) is 12.1 Å². The van der Waals surface area contributed by atoms with Gasteiger partial charge in [-0.2, -0.15) is 0 Å². The summed E-state index contributed by atoms with van der Waals surface area (Å²) < 4.78 is 13.4. The first kappa shape index (κ1) is 16.4. The Hall–Kier alpha value is -2.44. The molecule has 124 valence electrons. The number of quaternary nitrogens is 1. The second kappa shape index (κ2) is 6.59. The molecule has 2 atom stereocenters. The molecule has 24 heavy (non-hydrogen) atoms. The van der Waals surface area contributed by atoms with Crippen molar-refractivity contribution < 1.29 is 19.7 Å². The van der Waals surface area contributed by atoms with Gasteiger partial charge in [-0.25, -0.2) is 4.39 Å². The summed E-state index contributed by atoms with van der Waals surface area (Å²) in [4.78, 5) is 24.2. The fourth-order valence-electron chi connectivity index (χ4n) is 2.84. The Morgan fingerprint density at radius 2 is 1.92 bits per heavy atom. The molecule has 0 radical (unpaired) electrons. The fraction of sp³-hybridized carbons (Fsp3) is 0.176. The van der Waals surface area contributed by atoms with Crippen molar-refractivity contribution in [2.45, 2.75) is 18.5 Å². The van der Waals surface area contributed by atoms with Crippen LogP contribution < -0.4 is 16.4 Å². The largest absolute Gasteiger partial charge is 0.353 e. The van der Waals surface area contributed by atoms with Gasteiger partial charge in [0.15, 0.2) is 0 Å². The Labute approximate surface area is 143 Å². The van der Waals surface area contributed by atoms with Crippen LogP contribution in [0.4, 0.5) is 10.1 Å². The molecule has 0 fully saturated rings. The van der Waals surface area contributed by atoms with Gasteiger partial charge in [-0.1, -0.05) is 35.9 Å². The monoisotopic (exact) mass is 348 g/mol. The molecule has 5 nitrogen and oxygen atoms in total. The number of fused-ring (bicyclic) bond motifs is 1. The lowest BCUT2D eigenvalue weighted by molar-refractivity contribution is -0.423. The average Bonchev–Trinajstić information content (AvgIpc) is 2.87. The zero-order valence-corrected chi connectivity index (χ0v) is 13.4. The van der Waals surface area contributed by atoms with Crippen molar-refractivity contribution in [3.8, 4) is 0 Å². The first-order valence-electron chi connectivity index (χ1n) is 7.43. The van der Waals surface area contributed by atoms with E-state index in [0.29, 0.717) is 0 Å². The number of carbonyl (C=O) groups is 2. The van der Waals surface area contributed by atoms with Crippen LogP contribution in [0.1, 0.15) is 17.2 Å². The van der Waals surface area contributed by atoms with E-state index < -0.39 is 17.6 Å². The summed E-state index contributed by atoms with van der Waals surface area (Å²) in [6.45, 7) is 0. The van der Waals surface area contributed by atoms with Gasteiger partial charge in [0.25, 0.3) is 0 Å². The molecule has 0 heterocycles. The third-order valence-electron chi connectivity index (χ3n) is 4.01. The van der Waals surface area contributed by atoms with Crippen molar-refractivity contribution >= 4 is 29.1 Å². The van der Waals surface area contributed by atoms with Gasteiger partial charge >= 0.3 is 11.8 Å². The molecular weight excluding hydrogens is 333 g/mol. The van der Waals surface area contributed by atoms with Gasteiger partial charge in [0, 0.05) is 12.1 Å². The second-order valence-electron chi connectivity index (χ2n) is 5.70. The lowest BCUT2D eigenvalue weighted by Crippen LogP contribution is -2.65. The number of rotatable bonds is 2. The van der Waals surface area contributed by atoms with E-state index in [9.17, 15) is 14.0 Å². The third-order valence-corrected chi connectivity index (χ3v) is 4.32. The van der Waals surface area contributed by atoms with Gasteiger partial charge in [0.05, 0.1) is 5.02 Å². The molecule has 0 bridgehead atoms. The molecule has 0 aliphatic heterocycles. The number of halogens is 2. The van der Waals surface area contributed by atoms with E-state index in [1.54, 1.807) is 0 Å². The van der Waals surface area contributed by atoms with Crippen LogP contribution in [0, 0.1) is 5.82 Å². The van der Waals surface area contributed by atoms with Gasteiger partial charge in [-0.3, -0.25) is 9.59 Å². The second-order valence-corrected chi connectivity index (χ2v) is 6.10. The Morgan fingerprint density at radius 3 is 2.67 bits per heavy atom. The Morgan fingerprint density at radius 1 is 1.17 bits per heavy atom. The minimum absolute atomic E-state index is 0.0490. The molecule has 1 aliphatic carbocycles. The number of amides is 2. The van der Waals surface area contributed by atoms with Crippen LogP contribution in [0.3, 0.4) is 0 Å². The molecule has 0 saturated carbocycles. The van der Waals surface area contributed by atoms with Crippen LogP contribution in [-0.2, 0) is 16.0 Å². The van der Waals surface area contributed by atoms with Crippen LogP contribution in [-0.4, -0.2) is 17.9 Å². The number of hydrogen-bond acceptors (Lipinski definition) is 2. The highest BCUT2D eigenvalue weighted by Crippen LogP contribution is 2.29. The maximum absolute atomic E-state index is 13.4. The molecule has 0 aromatic heterocycles. The molecule has 7 heteroatoms. The Bertz CT molecular complexity index is 812. The highest BCUT2D eigenvalue weighted by molar-refractivity contribution is 6.39. The summed E-state index contributed by atoms with van der Waals surface area (Å²) >= 11 is 5.58. The van der Waals surface area contributed by atoms with Crippen molar-refractivity contribution in [2.24, 2.45) is 0 Å². The molecule has 3 rings (SSSR count). The Balaban J connectivity index is 1.68. The Kier molecular flexibility index (Phi) is 4.51. The maximum Gasteiger partial charge on any atom is 0.313 e. The van der Waals surface area contributed by atoms with Crippen molar-refractivity contribution in [1.29, 1.82) is 0 Å². The standard InChI is InChI=1S/C17H15ClFN3O2/c18-12-6-5-10(8-13(12)19)21-16(23)17(24)22-15-11-4-2-1-3-9(11)7-14(15)20/h1-6,8,14-15H,7,20H2,(H,21,23)(H,22,24)/p+1/t14-,15-/m0/s1. The normalized spacial score (nSPS) is 18.8. The predicted molar refractivity (Wildman–Crippen MR) is 87.7 cm³/mol. The maximum atomic E-state index is 13.4. The van der Waals surface area contributed by atoms with Gasteiger partial charge in [0.1, 0.15) is 17.9 Å². The number of hydrogen-bond donors (Lipinski definition) is 3. The number of anilines is 1. The van der Waals surface area contributed by atoms with E-state index in [-0.39, 0.29) is 22.8 Å². The first-order valence-corrected chi connectivity index (χ1v) is 7.81. The lowest BCUT2D eigenvalue weighted by Gasteiger charge is -2.16. The summed E-state index contributed by atoms with van der Waals surface area (Å²) in [6.07, 6.45) is 0.741. The smallest absolute Gasteiger partial charge is 0.313 e. The highest BCUT2D eigenvalue weighted by atomic mass is 35.5. The highest BCUT2D eigenvalue weighted by Gasteiger charge is 2.34. The van der Waals surface area contributed by atoms with Crippen LogP contribution in [0.15, 0.2) is 42.5 Å². The molecule has 2 aromatic carbocycles. The van der Waals surface area contributed by atoms with E-state index in [1.807, 2.05) is 24.3 Å². The minimum Gasteiger partial charge on any atom is -0.353 e. The molecule has 5 N–H and O–H groups in total. The van der Waals surface area contributed by atoms with Crippen LogP contribution >= 0.6 is 11.6 Å². The van der Waals surface area contributed by atoms with E-state index >= 15 is 0 Å². The van der Waals surface area contributed by atoms with Crippen molar-refractivity contribution in [2.75, 3.05) is 5.32 Å². The van der Waals surface area contributed by atoms with E-state index in [0.717, 1.165) is 23.6 Å². The zero-order valence-electron chi connectivity index (χ0n) is 12.7.